The maximum Gasteiger partial charge on any atom is 0.252 e. The van der Waals surface area contributed by atoms with E-state index in [0.717, 1.165) is 34.5 Å². The van der Waals surface area contributed by atoms with Gasteiger partial charge in [-0.05, 0) is 53.4 Å². The number of halogens is 2. The molecule has 1 saturated heterocycles. The molecule has 1 aromatic carbocycles. The number of benzene rings is 1. The highest BCUT2D eigenvalue weighted by Gasteiger charge is 2.34. The predicted octanol–water partition coefficient (Wildman–Crippen LogP) is 3.18. The zero-order chi connectivity index (χ0) is 13.4. The molecule has 102 valence electrons. The van der Waals surface area contributed by atoms with Crippen molar-refractivity contribution in [3.05, 3.63) is 32.7 Å². The third-order valence-corrected chi connectivity index (χ3v) is 4.98. The number of nitrogens with one attached hydrogen (secondary N) is 1. The van der Waals surface area contributed by atoms with Crippen molar-refractivity contribution in [1.29, 1.82) is 0 Å². The van der Waals surface area contributed by atoms with Crippen LogP contribution in [0.1, 0.15) is 29.6 Å². The third-order valence-electron chi connectivity index (χ3n) is 3.79. The Bertz CT molecular complexity index is 502. The van der Waals surface area contributed by atoms with Crippen LogP contribution in [0.25, 0.3) is 0 Å². The molecule has 1 heterocycles. The molecule has 1 unspecified atom stereocenters. The number of amides is 1. The molecule has 1 saturated carbocycles. The van der Waals surface area contributed by atoms with E-state index in [1.807, 2.05) is 18.2 Å². The molecule has 19 heavy (non-hydrogen) atoms. The molecule has 1 N–H and O–H groups in total. The van der Waals surface area contributed by atoms with Crippen LogP contribution in [0.5, 0.6) is 0 Å². The average Bonchev–Trinajstić information content (AvgIpc) is 3.13. The van der Waals surface area contributed by atoms with E-state index in [1.54, 1.807) is 0 Å². The number of carbonyl (C=O) groups excluding carboxylic acids is 1. The maximum absolute atomic E-state index is 12.3. The van der Waals surface area contributed by atoms with Gasteiger partial charge >= 0.3 is 0 Å². The van der Waals surface area contributed by atoms with Crippen LogP contribution < -0.4 is 5.32 Å². The lowest BCUT2D eigenvalue weighted by molar-refractivity contribution is 0.0936. The molecule has 1 amide bonds. The number of nitrogens with zero attached hydrogens (tertiary/aromatic N) is 1. The molecule has 0 radical (unpaired) electrons. The Morgan fingerprint density at radius 3 is 2.79 bits per heavy atom. The summed E-state index contributed by atoms with van der Waals surface area (Å²) in [6.07, 6.45) is 3.73. The van der Waals surface area contributed by atoms with E-state index < -0.39 is 0 Å². The molecule has 1 atom stereocenters. The molecular weight excluding hydrogens is 372 g/mol. The third kappa shape index (κ3) is 3.20. The summed E-state index contributed by atoms with van der Waals surface area (Å²) in [6.45, 7) is 2.12. The van der Waals surface area contributed by atoms with Crippen LogP contribution in [-0.4, -0.2) is 36.0 Å². The highest BCUT2D eigenvalue weighted by molar-refractivity contribution is 9.11. The van der Waals surface area contributed by atoms with Gasteiger partial charge in [0, 0.05) is 34.1 Å². The van der Waals surface area contributed by atoms with E-state index in [2.05, 4.69) is 42.1 Å². The highest BCUT2D eigenvalue weighted by Crippen LogP contribution is 2.30. The van der Waals surface area contributed by atoms with Crippen LogP contribution in [0, 0.1) is 0 Å². The summed E-state index contributed by atoms with van der Waals surface area (Å²) in [6, 6.07) is 6.75. The molecule has 0 aromatic heterocycles. The Labute approximate surface area is 130 Å². The molecule has 1 aliphatic carbocycles. The van der Waals surface area contributed by atoms with Crippen molar-refractivity contribution >= 4 is 37.8 Å². The molecule has 1 aliphatic heterocycles. The molecule has 2 aliphatic rings. The summed E-state index contributed by atoms with van der Waals surface area (Å²) < 4.78 is 1.76. The topological polar surface area (TPSA) is 32.3 Å². The molecule has 2 fully saturated rings. The first kappa shape index (κ1) is 13.6. The van der Waals surface area contributed by atoms with Crippen molar-refractivity contribution in [3.63, 3.8) is 0 Å². The second-order valence-electron chi connectivity index (χ2n) is 5.31. The van der Waals surface area contributed by atoms with Gasteiger partial charge in [0.25, 0.3) is 5.91 Å². The SMILES string of the molecule is O=C(NC1CCN(C2CC2)C1)c1cc(Br)ccc1Br. The number of hydrogen-bond donors (Lipinski definition) is 1. The minimum atomic E-state index is 0.0100. The Morgan fingerprint density at radius 1 is 1.26 bits per heavy atom. The van der Waals surface area contributed by atoms with Gasteiger partial charge in [0.15, 0.2) is 0 Å². The zero-order valence-electron chi connectivity index (χ0n) is 10.5. The van der Waals surface area contributed by atoms with Crippen molar-refractivity contribution in [1.82, 2.24) is 10.2 Å². The standard InChI is InChI=1S/C14H16Br2N2O/c15-9-1-4-13(16)12(7-9)14(19)17-10-5-6-18(8-10)11-2-3-11/h1,4,7,10-11H,2-3,5-6,8H2,(H,17,19). The van der Waals surface area contributed by atoms with Crippen molar-refractivity contribution in [2.45, 2.75) is 31.3 Å². The quantitative estimate of drug-likeness (QED) is 0.863. The van der Waals surface area contributed by atoms with Gasteiger partial charge in [-0.3, -0.25) is 9.69 Å². The van der Waals surface area contributed by atoms with Crippen LogP contribution in [-0.2, 0) is 0 Å². The first-order valence-corrected chi connectivity index (χ1v) is 8.22. The second-order valence-corrected chi connectivity index (χ2v) is 7.08. The fourth-order valence-electron chi connectivity index (χ4n) is 2.61. The Morgan fingerprint density at radius 2 is 2.05 bits per heavy atom. The van der Waals surface area contributed by atoms with Crippen molar-refractivity contribution in [2.75, 3.05) is 13.1 Å². The van der Waals surface area contributed by atoms with Gasteiger partial charge in [-0.2, -0.15) is 0 Å². The summed E-state index contributed by atoms with van der Waals surface area (Å²) in [5, 5.41) is 3.14. The molecule has 0 bridgehead atoms. The zero-order valence-corrected chi connectivity index (χ0v) is 13.7. The molecular formula is C14H16Br2N2O. The number of hydrogen-bond acceptors (Lipinski definition) is 2. The van der Waals surface area contributed by atoms with Crippen LogP contribution in [0.4, 0.5) is 0 Å². The Hall–Kier alpha value is -0.390. The average molecular weight is 388 g/mol. The van der Waals surface area contributed by atoms with Crippen LogP contribution >= 0.6 is 31.9 Å². The van der Waals surface area contributed by atoms with Crippen LogP contribution in [0.2, 0.25) is 0 Å². The van der Waals surface area contributed by atoms with Gasteiger partial charge in [-0.25, -0.2) is 0 Å². The highest BCUT2D eigenvalue weighted by atomic mass is 79.9. The fourth-order valence-corrected chi connectivity index (χ4v) is 3.40. The largest absolute Gasteiger partial charge is 0.348 e. The molecule has 5 heteroatoms. The molecule has 3 nitrogen and oxygen atoms in total. The van der Waals surface area contributed by atoms with Gasteiger partial charge in [0.05, 0.1) is 5.56 Å². The number of rotatable bonds is 3. The molecule has 3 rings (SSSR count). The summed E-state index contributed by atoms with van der Waals surface area (Å²) in [4.78, 5) is 14.8. The van der Waals surface area contributed by atoms with Gasteiger partial charge in [0.2, 0.25) is 0 Å². The van der Waals surface area contributed by atoms with Crippen LogP contribution in [0.3, 0.4) is 0 Å². The van der Waals surface area contributed by atoms with Crippen molar-refractivity contribution in [2.24, 2.45) is 0 Å². The second kappa shape index (κ2) is 5.54. The van der Waals surface area contributed by atoms with Crippen LogP contribution in [0.15, 0.2) is 27.1 Å². The first-order valence-electron chi connectivity index (χ1n) is 6.63. The first-order chi connectivity index (χ1) is 9.13. The summed E-state index contributed by atoms with van der Waals surface area (Å²) in [7, 11) is 0. The van der Waals surface area contributed by atoms with E-state index in [0.29, 0.717) is 11.6 Å². The number of carbonyl (C=O) groups is 1. The summed E-state index contributed by atoms with van der Waals surface area (Å²) >= 11 is 6.84. The smallest absolute Gasteiger partial charge is 0.252 e. The summed E-state index contributed by atoms with van der Waals surface area (Å²) in [5.74, 6) is 0.0100. The van der Waals surface area contributed by atoms with Gasteiger partial charge < -0.3 is 5.32 Å². The van der Waals surface area contributed by atoms with Crippen molar-refractivity contribution < 1.29 is 4.79 Å². The monoisotopic (exact) mass is 386 g/mol. The maximum atomic E-state index is 12.3. The molecule has 1 aromatic rings. The minimum Gasteiger partial charge on any atom is -0.348 e. The van der Waals surface area contributed by atoms with E-state index in [1.165, 1.54) is 12.8 Å². The molecule has 0 spiro atoms. The predicted molar refractivity (Wildman–Crippen MR) is 82.3 cm³/mol. The van der Waals surface area contributed by atoms with Crippen molar-refractivity contribution in [3.8, 4) is 0 Å². The van der Waals surface area contributed by atoms with E-state index in [-0.39, 0.29) is 5.91 Å². The van der Waals surface area contributed by atoms with E-state index >= 15 is 0 Å². The van der Waals surface area contributed by atoms with Gasteiger partial charge in [-0.15, -0.1) is 0 Å². The lowest BCUT2D eigenvalue weighted by atomic mass is 10.2. The Balaban J connectivity index is 1.63. The number of likely N-dealkylation sites (tertiary alicyclic amines) is 1. The van der Waals surface area contributed by atoms with E-state index in [9.17, 15) is 4.79 Å². The Kier molecular flexibility index (Phi) is 3.96. The minimum absolute atomic E-state index is 0.0100. The van der Waals surface area contributed by atoms with Gasteiger partial charge in [-0.1, -0.05) is 15.9 Å². The van der Waals surface area contributed by atoms with E-state index in [4.69, 9.17) is 0 Å². The van der Waals surface area contributed by atoms with Gasteiger partial charge in [0.1, 0.15) is 0 Å². The summed E-state index contributed by atoms with van der Waals surface area (Å²) in [5.41, 5.74) is 0.694. The lowest BCUT2D eigenvalue weighted by Crippen LogP contribution is -2.37. The lowest BCUT2D eigenvalue weighted by Gasteiger charge is -2.16. The normalized spacial score (nSPS) is 23.6. The fraction of sp³-hybridized carbons (Fsp3) is 0.500.